The number of aliphatic hydroxyl groups excluding tert-OH is 1. The van der Waals surface area contributed by atoms with Gasteiger partial charge in [0.1, 0.15) is 5.75 Å². The van der Waals surface area contributed by atoms with Crippen LogP contribution in [-0.4, -0.2) is 48.9 Å². The topological polar surface area (TPSA) is 44.7 Å². The summed E-state index contributed by atoms with van der Waals surface area (Å²) in [4.78, 5) is 2.38. The summed E-state index contributed by atoms with van der Waals surface area (Å²) in [5.74, 6) is 1.83. The summed E-state index contributed by atoms with van der Waals surface area (Å²) in [7, 11) is 0. The lowest BCUT2D eigenvalue weighted by Gasteiger charge is -2.32. The van der Waals surface area contributed by atoms with Crippen LogP contribution < -0.4 is 10.1 Å². The molecule has 2 N–H and O–H groups in total. The first kappa shape index (κ1) is 15.8. The van der Waals surface area contributed by atoms with Crippen LogP contribution in [0.2, 0.25) is 0 Å². The number of hydrogen-bond acceptors (Lipinski definition) is 4. The van der Waals surface area contributed by atoms with Crippen molar-refractivity contribution in [2.24, 2.45) is 5.92 Å². The van der Waals surface area contributed by atoms with Crippen molar-refractivity contribution >= 4 is 0 Å². The van der Waals surface area contributed by atoms with Gasteiger partial charge in [0.05, 0.1) is 12.7 Å². The smallest absolute Gasteiger partial charge is 0.122 e. The van der Waals surface area contributed by atoms with E-state index in [0.717, 1.165) is 57.4 Å². The minimum absolute atomic E-state index is 0.210. The normalized spacial score (nSPS) is 20.6. The summed E-state index contributed by atoms with van der Waals surface area (Å²) >= 11 is 0. The third-order valence-electron chi connectivity index (χ3n) is 4.75. The molecule has 0 spiro atoms. The molecule has 4 heteroatoms. The van der Waals surface area contributed by atoms with Gasteiger partial charge in [-0.2, -0.15) is 0 Å². The van der Waals surface area contributed by atoms with Crippen molar-refractivity contribution in [3.05, 3.63) is 29.3 Å². The van der Waals surface area contributed by atoms with Crippen molar-refractivity contribution in [3.8, 4) is 5.75 Å². The lowest BCUT2D eigenvalue weighted by Crippen LogP contribution is -2.40. The Morgan fingerprint density at radius 2 is 2.18 bits per heavy atom. The van der Waals surface area contributed by atoms with Crippen molar-refractivity contribution in [2.45, 2.75) is 38.8 Å². The number of hydrogen-bond donors (Lipinski definition) is 2. The molecule has 1 aromatic rings. The number of nitrogens with one attached hydrogen (secondary N) is 1. The quantitative estimate of drug-likeness (QED) is 0.841. The Kier molecular flexibility index (Phi) is 5.34. The lowest BCUT2D eigenvalue weighted by atomic mass is 9.96. The molecule has 122 valence electrons. The van der Waals surface area contributed by atoms with E-state index in [1.54, 1.807) is 0 Å². The number of fused-ring (bicyclic) bond motifs is 1. The van der Waals surface area contributed by atoms with Gasteiger partial charge in [0.25, 0.3) is 0 Å². The first-order valence-corrected chi connectivity index (χ1v) is 8.56. The molecule has 0 radical (unpaired) electrons. The molecule has 22 heavy (non-hydrogen) atoms. The molecule has 1 fully saturated rings. The Bertz CT molecular complexity index is 482. The zero-order valence-electron chi connectivity index (χ0n) is 13.6. The molecule has 4 nitrogen and oxygen atoms in total. The second-order valence-corrected chi connectivity index (χ2v) is 6.76. The van der Waals surface area contributed by atoms with E-state index >= 15 is 0 Å². The van der Waals surface area contributed by atoms with Crippen molar-refractivity contribution in [2.75, 3.05) is 32.8 Å². The van der Waals surface area contributed by atoms with Gasteiger partial charge in [0.15, 0.2) is 0 Å². The summed E-state index contributed by atoms with van der Waals surface area (Å²) in [6, 6.07) is 6.55. The van der Waals surface area contributed by atoms with Gasteiger partial charge in [0.2, 0.25) is 0 Å². The molecule has 1 saturated heterocycles. The van der Waals surface area contributed by atoms with E-state index in [9.17, 15) is 5.11 Å². The van der Waals surface area contributed by atoms with E-state index in [4.69, 9.17) is 4.74 Å². The van der Waals surface area contributed by atoms with Crippen LogP contribution >= 0.6 is 0 Å². The molecule has 1 atom stereocenters. The van der Waals surface area contributed by atoms with E-state index in [1.807, 2.05) is 6.92 Å². The third kappa shape index (κ3) is 4.22. The van der Waals surface area contributed by atoms with Crippen LogP contribution in [0.1, 0.15) is 30.9 Å². The van der Waals surface area contributed by atoms with E-state index < -0.39 is 0 Å². The van der Waals surface area contributed by atoms with Gasteiger partial charge in [-0.15, -0.1) is 0 Å². The van der Waals surface area contributed by atoms with Gasteiger partial charge in [-0.05, 0) is 62.5 Å². The van der Waals surface area contributed by atoms with Crippen LogP contribution in [-0.2, 0) is 13.0 Å². The van der Waals surface area contributed by atoms with E-state index in [-0.39, 0.29) is 6.10 Å². The second kappa shape index (κ2) is 7.44. The number of nitrogens with zero attached hydrogens (tertiary/aromatic N) is 1. The first-order valence-electron chi connectivity index (χ1n) is 8.56. The van der Waals surface area contributed by atoms with Crippen LogP contribution in [0.5, 0.6) is 5.75 Å². The summed E-state index contributed by atoms with van der Waals surface area (Å²) < 4.78 is 5.55. The molecule has 0 saturated carbocycles. The van der Waals surface area contributed by atoms with Gasteiger partial charge < -0.3 is 20.1 Å². The molecule has 2 aliphatic heterocycles. The number of aliphatic hydroxyl groups is 1. The fraction of sp³-hybridized carbons (Fsp3) is 0.667. The Morgan fingerprint density at radius 1 is 1.36 bits per heavy atom. The predicted octanol–water partition coefficient (Wildman–Crippen LogP) is 1.80. The van der Waals surface area contributed by atoms with Crippen LogP contribution in [0.25, 0.3) is 0 Å². The Labute approximate surface area is 133 Å². The molecule has 1 aromatic carbocycles. The van der Waals surface area contributed by atoms with E-state index in [1.165, 1.54) is 24.0 Å². The second-order valence-electron chi connectivity index (χ2n) is 6.76. The molecular weight excluding hydrogens is 276 g/mol. The maximum Gasteiger partial charge on any atom is 0.122 e. The van der Waals surface area contributed by atoms with Crippen molar-refractivity contribution in [3.63, 3.8) is 0 Å². The molecule has 0 bridgehead atoms. The van der Waals surface area contributed by atoms with Crippen LogP contribution in [0.15, 0.2) is 18.2 Å². The zero-order chi connectivity index (χ0) is 15.4. The molecule has 0 aromatic heterocycles. The Hall–Kier alpha value is -1.10. The summed E-state index contributed by atoms with van der Waals surface area (Å²) in [5.41, 5.74) is 2.71. The Morgan fingerprint density at radius 3 is 2.95 bits per heavy atom. The maximum atomic E-state index is 9.44. The number of benzene rings is 1. The molecule has 1 unspecified atom stereocenters. The third-order valence-corrected chi connectivity index (χ3v) is 4.75. The van der Waals surface area contributed by atoms with Gasteiger partial charge >= 0.3 is 0 Å². The van der Waals surface area contributed by atoms with E-state index in [2.05, 4.69) is 28.4 Å². The standard InChI is InChI=1S/C18H28N2O2/c1-14(21)13-20-7-4-15(5-8-20)11-19-12-16-2-3-18-17(10-16)6-9-22-18/h2-3,10,14-15,19,21H,4-9,11-13H2,1H3. The average Bonchev–Trinajstić information content (AvgIpc) is 2.96. The summed E-state index contributed by atoms with van der Waals surface area (Å²) in [6.07, 6.45) is 3.30. The van der Waals surface area contributed by atoms with Gasteiger partial charge in [-0.25, -0.2) is 0 Å². The highest BCUT2D eigenvalue weighted by Gasteiger charge is 2.19. The zero-order valence-corrected chi connectivity index (χ0v) is 13.6. The number of rotatable bonds is 6. The number of likely N-dealkylation sites (tertiary alicyclic amines) is 1. The average molecular weight is 304 g/mol. The first-order chi connectivity index (χ1) is 10.7. The minimum Gasteiger partial charge on any atom is -0.493 e. The maximum absolute atomic E-state index is 9.44. The lowest BCUT2D eigenvalue weighted by molar-refractivity contribution is 0.0998. The van der Waals surface area contributed by atoms with Crippen LogP contribution in [0.3, 0.4) is 0 Å². The molecule has 0 amide bonds. The molecule has 2 aliphatic rings. The largest absolute Gasteiger partial charge is 0.493 e. The van der Waals surface area contributed by atoms with Crippen LogP contribution in [0, 0.1) is 5.92 Å². The Balaban J connectivity index is 1.37. The monoisotopic (exact) mass is 304 g/mol. The van der Waals surface area contributed by atoms with Crippen LogP contribution in [0.4, 0.5) is 0 Å². The minimum atomic E-state index is -0.210. The molecular formula is C18H28N2O2. The molecule has 3 rings (SSSR count). The van der Waals surface area contributed by atoms with Crippen molar-refractivity contribution < 1.29 is 9.84 Å². The SMILES string of the molecule is CC(O)CN1CCC(CNCc2ccc3c(c2)CCO3)CC1. The van der Waals surface area contributed by atoms with Crippen molar-refractivity contribution in [1.82, 2.24) is 10.2 Å². The highest BCUT2D eigenvalue weighted by Crippen LogP contribution is 2.25. The summed E-state index contributed by atoms with van der Waals surface area (Å²) in [5, 5.41) is 13.1. The summed E-state index contributed by atoms with van der Waals surface area (Å²) in [6.45, 7) is 7.79. The van der Waals surface area contributed by atoms with Gasteiger partial charge in [0, 0.05) is 19.5 Å². The molecule has 2 heterocycles. The van der Waals surface area contributed by atoms with Gasteiger partial charge in [-0.3, -0.25) is 0 Å². The van der Waals surface area contributed by atoms with Crippen molar-refractivity contribution in [1.29, 1.82) is 0 Å². The molecule has 0 aliphatic carbocycles. The predicted molar refractivity (Wildman–Crippen MR) is 88.2 cm³/mol. The van der Waals surface area contributed by atoms with Gasteiger partial charge in [-0.1, -0.05) is 12.1 Å². The van der Waals surface area contributed by atoms with E-state index in [0.29, 0.717) is 0 Å². The number of ether oxygens (including phenoxy) is 1. The number of piperidine rings is 1. The highest BCUT2D eigenvalue weighted by atomic mass is 16.5. The number of β-amino-alcohol motifs (C(OH)–C–C–N with tert-alkyl or cyclic N) is 1. The fourth-order valence-corrected chi connectivity index (χ4v) is 3.52. The fourth-order valence-electron chi connectivity index (χ4n) is 3.52. The highest BCUT2D eigenvalue weighted by molar-refractivity contribution is 5.39.